The molecule has 0 fully saturated rings. The summed E-state index contributed by atoms with van der Waals surface area (Å²) in [6, 6.07) is 12.4. The quantitative estimate of drug-likeness (QED) is 0.526. The maximum Gasteiger partial charge on any atom is 0.128 e. The first kappa shape index (κ1) is 18.5. The fourth-order valence-corrected chi connectivity index (χ4v) is 2.67. The van der Waals surface area contributed by atoms with E-state index in [1.54, 1.807) is 7.11 Å². The molecule has 0 amide bonds. The second-order valence-electron chi connectivity index (χ2n) is 6.05. The van der Waals surface area contributed by atoms with Crippen molar-refractivity contribution in [2.24, 2.45) is 0 Å². The number of unbranched alkanes of at least 4 members (excludes halogenated alkanes) is 3. The van der Waals surface area contributed by atoms with E-state index in [-0.39, 0.29) is 0 Å². The van der Waals surface area contributed by atoms with Crippen LogP contribution in [0.5, 0.6) is 5.75 Å². The number of aryl methyl sites for hydroxylation is 1. The number of hydrogen-bond donors (Lipinski definition) is 0. The minimum atomic E-state index is 0.770. The molecule has 1 aromatic carbocycles. The maximum atomic E-state index is 5.99. The van der Waals surface area contributed by atoms with Crippen LogP contribution < -0.4 is 4.74 Å². The van der Waals surface area contributed by atoms with E-state index in [4.69, 9.17) is 9.47 Å². The lowest BCUT2D eigenvalue weighted by molar-refractivity contribution is 0.195. The highest BCUT2D eigenvalue weighted by Gasteiger charge is 2.07. The molecule has 130 valence electrons. The van der Waals surface area contributed by atoms with Gasteiger partial charge in [0.05, 0.1) is 12.3 Å². The van der Waals surface area contributed by atoms with Gasteiger partial charge in [0.2, 0.25) is 0 Å². The van der Waals surface area contributed by atoms with Gasteiger partial charge in [0.15, 0.2) is 0 Å². The Morgan fingerprint density at radius 3 is 2.54 bits per heavy atom. The summed E-state index contributed by atoms with van der Waals surface area (Å²) in [7, 11) is 1.74. The Balaban J connectivity index is 1.97. The highest BCUT2D eigenvalue weighted by atomic mass is 16.5. The molecule has 3 nitrogen and oxygen atoms in total. The molecular weight excluding hydrogens is 298 g/mol. The smallest absolute Gasteiger partial charge is 0.128 e. The topological polar surface area (TPSA) is 31.4 Å². The second-order valence-corrected chi connectivity index (χ2v) is 6.05. The number of para-hydroxylation sites is 1. The van der Waals surface area contributed by atoms with Gasteiger partial charge >= 0.3 is 0 Å². The van der Waals surface area contributed by atoms with E-state index in [2.05, 4.69) is 30.1 Å². The van der Waals surface area contributed by atoms with Gasteiger partial charge < -0.3 is 9.47 Å². The molecule has 2 aromatic rings. The Morgan fingerprint density at radius 2 is 1.79 bits per heavy atom. The number of benzene rings is 1. The van der Waals surface area contributed by atoms with Crippen molar-refractivity contribution in [2.45, 2.75) is 45.4 Å². The van der Waals surface area contributed by atoms with Crippen molar-refractivity contribution < 1.29 is 9.47 Å². The number of methoxy groups -OCH3 is 1. The fourth-order valence-electron chi connectivity index (χ4n) is 2.67. The van der Waals surface area contributed by atoms with Gasteiger partial charge in [-0.3, -0.25) is 4.98 Å². The fraction of sp³-hybridized carbons (Fsp3) is 0.476. The first-order valence-corrected chi connectivity index (χ1v) is 9.01. The van der Waals surface area contributed by atoms with Gasteiger partial charge in [0, 0.05) is 25.5 Å². The van der Waals surface area contributed by atoms with Crippen LogP contribution in [0.3, 0.4) is 0 Å². The normalized spacial score (nSPS) is 10.8. The van der Waals surface area contributed by atoms with Crippen molar-refractivity contribution in [1.29, 1.82) is 0 Å². The molecule has 24 heavy (non-hydrogen) atoms. The van der Waals surface area contributed by atoms with Crippen LogP contribution >= 0.6 is 0 Å². The number of rotatable bonds is 11. The van der Waals surface area contributed by atoms with Gasteiger partial charge in [0.25, 0.3) is 0 Å². The first-order chi connectivity index (χ1) is 11.8. The van der Waals surface area contributed by atoms with Crippen molar-refractivity contribution in [2.75, 3.05) is 20.3 Å². The highest BCUT2D eigenvalue weighted by molar-refractivity contribution is 5.67. The molecule has 0 aliphatic carbocycles. The standard InChI is InChI=1S/C21H29NO2/c1-3-4-5-8-16-24-21-12-7-6-11-19(21)20-14-13-18(17-22-20)10-9-15-23-2/h6-7,11-14,17H,3-5,8-10,15-16H2,1-2H3. The average Bonchev–Trinajstić information content (AvgIpc) is 2.63. The van der Waals surface area contributed by atoms with Crippen LogP contribution in [0.4, 0.5) is 0 Å². The van der Waals surface area contributed by atoms with Gasteiger partial charge in [0.1, 0.15) is 5.75 Å². The molecule has 1 aromatic heterocycles. The lowest BCUT2D eigenvalue weighted by atomic mass is 10.1. The third kappa shape index (κ3) is 5.97. The Bertz CT molecular complexity index is 581. The molecule has 0 N–H and O–H groups in total. The summed E-state index contributed by atoms with van der Waals surface area (Å²) in [6.45, 7) is 3.78. The Kier molecular flexibility index (Phi) is 8.33. The summed E-state index contributed by atoms with van der Waals surface area (Å²) in [6.07, 6.45) is 8.84. The minimum absolute atomic E-state index is 0.770. The monoisotopic (exact) mass is 327 g/mol. The van der Waals surface area contributed by atoms with Crippen LogP contribution in [0.2, 0.25) is 0 Å². The zero-order chi connectivity index (χ0) is 17.0. The molecule has 0 saturated carbocycles. The van der Waals surface area contributed by atoms with Gasteiger partial charge in [-0.15, -0.1) is 0 Å². The summed E-state index contributed by atoms with van der Waals surface area (Å²) >= 11 is 0. The van der Waals surface area contributed by atoms with E-state index in [0.29, 0.717) is 0 Å². The number of nitrogens with zero attached hydrogens (tertiary/aromatic N) is 1. The zero-order valence-electron chi connectivity index (χ0n) is 15.0. The van der Waals surface area contributed by atoms with Crippen molar-refractivity contribution in [3.8, 4) is 17.0 Å². The Hall–Kier alpha value is -1.87. The largest absolute Gasteiger partial charge is 0.493 e. The number of pyridine rings is 1. The molecule has 3 heteroatoms. The number of aromatic nitrogens is 1. The van der Waals surface area contributed by atoms with Gasteiger partial charge in [-0.25, -0.2) is 0 Å². The molecule has 0 aliphatic rings. The molecule has 0 unspecified atom stereocenters. The van der Waals surface area contributed by atoms with Crippen LogP contribution in [0.1, 0.15) is 44.6 Å². The van der Waals surface area contributed by atoms with E-state index in [9.17, 15) is 0 Å². The lowest BCUT2D eigenvalue weighted by Crippen LogP contribution is -1.99. The average molecular weight is 327 g/mol. The summed E-state index contributed by atoms with van der Waals surface area (Å²) in [4.78, 5) is 4.63. The lowest BCUT2D eigenvalue weighted by Gasteiger charge is -2.11. The second kappa shape index (κ2) is 10.8. The summed E-state index contributed by atoms with van der Waals surface area (Å²) in [5.74, 6) is 0.925. The van der Waals surface area contributed by atoms with Crippen LogP contribution in [-0.2, 0) is 11.2 Å². The molecular formula is C21H29NO2. The summed E-state index contributed by atoms with van der Waals surface area (Å²) in [5, 5.41) is 0. The van der Waals surface area contributed by atoms with E-state index in [1.807, 2.05) is 24.4 Å². The van der Waals surface area contributed by atoms with Crippen LogP contribution in [-0.4, -0.2) is 25.3 Å². The minimum Gasteiger partial charge on any atom is -0.493 e. The van der Waals surface area contributed by atoms with Gasteiger partial charge in [-0.05, 0) is 43.0 Å². The predicted molar refractivity (Wildman–Crippen MR) is 99.5 cm³/mol. The Labute approximate surface area is 146 Å². The van der Waals surface area contributed by atoms with E-state index in [0.717, 1.165) is 49.5 Å². The van der Waals surface area contributed by atoms with E-state index in [1.165, 1.54) is 24.8 Å². The molecule has 0 spiro atoms. The molecule has 0 saturated heterocycles. The summed E-state index contributed by atoms with van der Waals surface area (Å²) in [5.41, 5.74) is 3.28. The van der Waals surface area contributed by atoms with E-state index < -0.39 is 0 Å². The molecule has 0 aliphatic heterocycles. The zero-order valence-corrected chi connectivity index (χ0v) is 15.0. The number of hydrogen-bond acceptors (Lipinski definition) is 3. The maximum absolute atomic E-state index is 5.99. The van der Waals surface area contributed by atoms with Crippen LogP contribution in [0, 0.1) is 0 Å². The third-order valence-electron chi connectivity index (χ3n) is 4.06. The first-order valence-electron chi connectivity index (χ1n) is 9.01. The molecule has 0 radical (unpaired) electrons. The third-order valence-corrected chi connectivity index (χ3v) is 4.06. The predicted octanol–water partition coefficient (Wildman–Crippen LogP) is 5.29. The molecule has 0 atom stereocenters. The van der Waals surface area contributed by atoms with Crippen molar-refractivity contribution in [3.63, 3.8) is 0 Å². The van der Waals surface area contributed by atoms with Crippen molar-refractivity contribution >= 4 is 0 Å². The highest BCUT2D eigenvalue weighted by Crippen LogP contribution is 2.28. The number of ether oxygens (including phenoxy) is 2. The van der Waals surface area contributed by atoms with E-state index >= 15 is 0 Å². The van der Waals surface area contributed by atoms with Crippen molar-refractivity contribution in [3.05, 3.63) is 48.2 Å². The van der Waals surface area contributed by atoms with Gasteiger partial charge in [-0.2, -0.15) is 0 Å². The molecule has 2 rings (SSSR count). The molecule has 0 bridgehead atoms. The van der Waals surface area contributed by atoms with Crippen LogP contribution in [0.15, 0.2) is 42.6 Å². The van der Waals surface area contributed by atoms with Crippen molar-refractivity contribution in [1.82, 2.24) is 4.98 Å². The van der Waals surface area contributed by atoms with Crippen LogP contribution in [0.25, 0.3) is 11.3 Å². The Morgan fingerprint density at radius 1 is 0.917 bits per heavy atom. The van der Waals surface area contributed by atoms with Gasteiger partial charge in [-0.1, -0.05) is 44.4 Å². The molecule has 1 heterocycles. The SMILES string of the molecule is CCCCCCOc1ccccc1-c1ccc(CCCOC)cn1. The summed E-state index contributed by atoms with van der Waals surface area (Å²) < 4.78 is 11.1.